The van der Waals surface area contributed by atoms with Crippen molar-refractivity contribution in [3.63, 3.8) is 0 Å². The molecule has 0 saturated heterocycles. The number of ether oxygens (including phenoxy) is 2. The number of nitrogens with one attached hydrogen (secondary N) is 1. The molecule has 1 heterocycles. The van der Waals surface area contributed by atoms with E-state index in [2.05, 4.69) is 10.4 Å². The second kappa shape index (κ2) is 9.63. The maximum atomic E-state index is 12.6. The maximum Gasteiger partial charge on any atom is 0.266 e. The van der Waals surface area contributed by atoms with Gasteiger partial charge in [0.1, 0.15) is 23.1 Å². The molecular weight excluding hydrogens is 392 g/mol. The lowest BCUT2D eigenvalue weighted by Crippen LogP contribution is -2.13. The fraction of sp³-hybridized carbons (Fsp3) is 0.208. The Morgan fingerprint density at radius 2 is 1.97 bits per heavy atom. The van der Waals surface area contributed by atoms with Crippen LogP contribution >= 0.6 is 0 Å². The smallest absolute Gasteiger partial charge is 0.266 e. The molecule has 3 aromatic rings. The zero-order chi connectivity index (χ0) is 22.4. The van der Waals surface area contributed by atoms with Gasteiger partial charge in [0, 0.05) is 23.0 Å². The van der Waals surface area contributed by atoms with Gasteiger partial charge in [0.25, 0.3) is 5.91 Å². The summed E-state index contributed by atoms with van der Waals surface area (Å²) in [6, 6.07) is 16.5. The summed E-state index contributed by atoms with van der Waals surface area (Å²) in [6.45, 7) is 4.45. The highest BCUT2D eigenvalue weighted by atomic mass is 16.5. The van der Waals surface area contributed by atoms with Crippen LogP contribution in [-0.2, 0) is 11.3 Å². The Bertz CT molecular complexity index is 1170. The Morgan fingerprint density at radius 1 is 1.16 bits per heavy atom. The summed E-state index contributed by atoms with van der Waals surface area (Å²) in [5.41, 5.74) is 4.13. The van der Waals surface area contributed by atoms with Crippen molar-refractivity contribution in [3.8, 4) is 17.6 Å². The molecule has 31 heavy (non-hydrogen) atoms. The average Bonchev–Trinajstić information content (AvgIpc) is 3.08. The first kappa shape index (κ1) is 21.7. The third-order valence-corrected chi connectivity index (χ3v) is 4.73. The number of hydrogen-bond acceptors (Lipinski definition) is 5. The Hall–Kier alpha value is -4.05. The van der Waals surface area contributed by atoms with Gasteiger partial charge in [-0.25, -0.2) is 0 Å². The molecular formula is C24H24N4O3. The highest BCUT2D eigenvalue weighted by Crippen LogP contribution is 2.23. The van der Waals surface area contributed by atoms with Crippen molar-refractivity contribution in [3.05, 3.63) is 76.6 Å². The van der Waals surface area contributed by atoms with E-state index in [4.69, 9.17) is 9.47 Å². The fourth-order valence-electron chi connectivity index (χ4n) is 3.22. The Kier molecular flexibility index (Phi) is 6.73. The van der Waals surface area contributed by atoms with E-state index in [0.29, 0.717) is 23.7 Å². The minimum Gasteiger partial charge on any atom is -0.497 e. The van der Waals surface area contributed by atoms with E-state index < -0.39 is 5.91 Å². The van der Waals surface area contributed by atoms with Crippen molar-refractivity contribution in [1.29, 1.82) is 5.26 Å². The number of carbonyl (C=O) groups is 1. The topological polar surface area (TPSA) is 89.2 Å². The van der Waals surface area contributed by atoms with E-state index >= 15 is 0 Å². The van der Waals surface area contributed by atoms with E-state index in [1.165, 1.54) is 0 Å². The lowest BCUT2D eigenvalue weighted by Gasteiger charge is -2.11. The fourth-order valence-corrected chi connectivity index (χ4v) is 3.22. The molecule has 2 aromatic carbocycles. The molecule has 0 aliphatic rings. The third kappa shape index (κ3) is 5.31. The zero-order valence-corrected chi connectivity index (χ0v) is 18.0. The van der Waals surface area contributed by atoms with Gasteiger partial charge in [0.15, 0.2) is 0 Å². The predicted octanol–water partition coefficient (Wildman–Crippen LogP) is 4.11. The van der Waals surface area contributed by atoms with Crippen LogP contribution in [0.3, 0.4) is 0 Å². The summed E-state index contributed by atoms with van der Waals surface area (Å²) in [5, 5.41) is 16.8. The summed E-state index contributed by atoms with van der Waals surface area (Å²) in [6.07, 6.45) is 1.56. The van der Waals surface area contributed by atoms with Crippen LogP contribution in [0.4, 0.5) is 5.69 Å². The molecule has 158 valence electrons. The molecule has 1 N–H and O–H groups in total. The summed E-state index contributed by atoms with van der Waals surface area (Å²) < 4.78 is 12.5. The van der Waals surface area contributed by atoms with E-state index in [-0.39, 0.29) is 5.57 Å². The predicted molar refractivity (Wildman–Crippen MR) is 119 cm³/mol. The van der Waals surface area contributed by atoms with Gasteiger partial charge in [-0.15, -0.1) is 0 Å². The van der Waals surface area contributed by atoms with Gasteiger partial charge in [-0.2, -0.15) is 10.4 Å². The summed E-state index contributed by atoms with van der Waals surface area (Å²) in [7, 11) is 3.16. The number of rotatable bonds is 7. The number of benzene rings is 2. The van der Waals surface area contributed by atoms with Crippen molar-refractivity contribution in [2.24, 2.45) is 0 Å². The number of methoxy groups -OCH3 is 2. The van der Waals surface area contributed by atoms with Crippen molar-refractivity contribution < 1.29 is 14.3 Å². The van der Waals surface area contributed by atoms with Crippen LogP contribution in [0, 0.1) is 25.2 Å². The van der Waals surface area contributed by atoms with E-state index in [9.17, 15) is 10.1 Å². The molecule has 0 spiro atoms. The Labute approximate surface area is 181 Å². The second-order valence-electron chi connectivity index (χ2n) is 7.01. The molecule has 0 unspecified atom stereocenters. The maximum absolute atomic E-state index is 12.6. The van der Waals surface area contributed by atoms with Crippen molar-refractivity contribution >= 4 is 17.7 Å². The summed E-state index contributed by atoms with van der Waals surface area (Å²) >= 11 is 0. The SMILES string of the molecule is COc1cccc(NC(=O)C(C#N)=Cc2ccc(OC)c(Cn3nc(C)cc3C)c2)c1. The van der Waals surface area contributed by atoms with Gasteiger partial charge >= 0.3 is 0 Å². The molecule has 0 aliphatic carbocycles. The average molecular weight is 416 g/mol. The van der Waals surface area contributed by atoms with Crippen LogP contribution in [-0.4, -0.2) is 29.9 Å². The number of nitrogens with zero attached hydrogens (tertiary/aromatic N) is 3. The second-order valence-corrected chi connectivity index (χ2v) is 7.01. The van der Waals surface area contributed by atoms with Crippen molar-refractivity contribution in [2.45, 2.75) is 20.4 Å². The van der Waals surface area contributed by atoms with Crippen LogP contribution in [0.1, 0.15) is 22.5 Å². The lowest BCUT2D eigenvalue weighted by atomic mass is 10.1. The van der Waals surface area contributed by atoms with Crippen LogP contribution in [0.5, 0.6) is 11.5 Å². The number of carbonyl (C=O) groups excluding carboxylic acids is 1. The molecule has 7 nitrogen and oxygen atoms in total. The molecule has 0 aliphatic heterocycles. The van der Waals surface area contributed by atoms with Crippen LogP contribution in [0.2, 0.25) is 0 Å². The highest BCUT2D eigenvalue weighted by Gasteiger charge is 2.12. The Balaban J connectivity index is 1.86. The summed E-state index contributed by atoms with van der Waals surface area (Å²) in [5.74, 6) is 0.833. The lowest BCUT2D eigenvalue weighted by molar-refractivity contribution is -0.112. The first-order valence-corrected chi connectivity index (χ1v) is 9.68. The quantitative estimate of drug-likeness (QED) is 0.462. The van der Waals surface area contributed by atoms with Crippen LogP contribution in [0.15, 0.2) is 54.1 Å². The van der Waals surface area contributed by atoms with Crippen LogP contribution < -0.4 is 14.8 Å². The summed E-state index contributed by atoms with van der Waals surface area (Å²) in [4.78, 5) is 12.6. The number of amides is 1. The molecule has 0 atom stereocenters. The van der Waals surface area contributed by atoms with E-state index in [1.807, 2.05) is 42.8 Å². The number of hydrogen-bond donors (Lipinski definition) is 1. The highest BCUT2D eigenvalue weighted by molar-refractivity contribution is 6.09. The molecule has 3 rings (SSSR count). The molecule has 0 radical (unpaired) electrons. The molecule has 0 fully saturated rings. The van der Waals surface area contributed by atoms with E-state index in [1.54, 1.807) is 50.6 Å². The van der Waals surface area contributed by atoms with Gasteiger partial charge in [0.2, 0.25) is 0 Å². The van der Waals surface area contributed by atoms with Gasteiger partial charge in [-0.3, -0.25) is 9.48 Å². The minimum absolute atomic E-state index is 0.00921. The van der Waals surface area contributed by atoms with Gasteiger partial charge < -0.3 is 14.8 Å². The number of aryl methyl sites for hydroxylation is 2. The van der Waals surface area contributed by atoms with Crippen molar-refractivity contribution in [1.82, 2.24) is 9.78 Å². The first-order chi connectivity index (χ1) is 14.9. The van der Waals surface area contributed by atoms with Gasteiger partial charge in [0.05, 0.1) is 26.5 Å². The number of nitriles is 1. The third-order valence-electron chi connectivity index (χ3n) is 4.73. The molecule has 7 heteroatoms. The molecule has 1 aromatic heterocycles. The number of anilines is 1. The van der Waals surface area contributed by atoms with Gasteiger partial charge in [-0.1, -0.05) is 12.1 Å². The largest absolute Gasteiger partial charge is 0.497 e. The normalized spacial score (nSPS) is 11.0. The molecule has 0 bridgehead atoms. The molecule has 1 amide bonds. The van der Waals surface area contributed by atoms with Gasteiger partial charge in [-0.05, 0) is 55.8 Å². The standard InChI is InChI=1S/C24H24N4O3/c1-16-10-17(2)28(27-16)15-20-12-18(8-9-23(20)31-4)11-19(14-25)24(29)26-21-6-5-7-22(13-21)30-3/h5-13H,15H2,1-4H3,(H,26,29). The van der Waals surface area contributed by atoms with Crippen LogP contribution in [0.25, 0.3) is 6.08 Å². The monoisotopic (exact) mass is 416 g/mol. The Morgan fingerprint density at radius 3 is 2.61 bits per heavy atom. The first-order valence-electron chi connectivity index (χ1n) is 9.68. The zero-order valence-electron chi connectivity index (χ0n) is 18.0. The number of aromatic nitrogens is 2. The van der Waals surface area contributed by atoms with Crippen molar-refractivity contribution in [2.75, 3.05) is 19.5 Å². The minimum atomic E-state index is -0.494. The molecule has 0 saturated carbocycles. The van der Waals surface area contributed by atoms with E-state index in [0.717, 1.165) is 22.5 Å².